The highest BCUT2D eigenvalue weighted by atomic mass is 15.2. The molecule has 1 fully saturated rings. The van der Waals surface area contributed by atoms with Crippen LogP contribution in [0.2, 0.25) is 0 Å². The van der Waals surface area contributed by atoms with E-state index in [1.54, 1.807) is 0 Å². The lowest BCUT2D eigenvalue weighted by atomic mass is 9.83. The van der Waals surface area contributed by atoms with E-state index in [0.717, 1.165) is 30.6 Å². The van der Waals surface area contributed by atoms with Gasteiger partial charge in [-0.15, -0.1) is 0 Å². The summed E-state index contributed by atoms with van der Waals surface area (Å²) in [5.41, 5.74) is 24.4. The molecule has 4 rings (SSSR count). The Kier molecular flexibility index (Phi) is 4.09. The number of piperidine rings is 1. The molecule has 0 saturated carbocycles. The third-order valence-corrected chi connectivity index (χ3v) is 5.41. The molecule has 130 valence electrons. The van der Waals surface area contributed by atoms with Crippen molar-refractivity contribution in [3.63, 3.8) is 0 Å². The number of aromatic nitrogens is 1. The fourth-order valence-corrected chi connectivity index (χ4v) is 4.00. The van der Waals surface area contributed by atoms with E-state index in [1.165, 1.54) is 30.4 Å². The molecule has 2 aliphatic rings. The van der Waals surface area contributed by atoms with Gasteiger partial charge in [-0.1, -0.05) is 18.6 Å². The van der Waals surface area contributed by atoms with Crippen molar-refractivity contribution in [3.8, 4) is 0 Å². The van der Waals surface area contributed by atoms with Gasteiger partial charge in [0.1, 0.15) is 5.82 Å². The Labute approximate surface area is 148 Å². The van der Waals surface area contributed by atoms with Gasteiger partial charge in [-0.2, -0.15) is 0 Å². The number of pyridine rings is 1. The standard InChI is InChI=1S/C20H25N5/c21-17-6-5-15-16(20(17)23)10-14(13-4-7-19(22)24-12-13)11-18(15)25-8-2-1-3-9-25/h4-7,11-12,18H,1-3,8-10,21,23H2,(H2,22,24). The molecule has 1 atom stereocenters. The zero-order chi connectivity index (χ0) is 17.4. The van der Waals surface area contributed by atoms with Gasteiger partial charge in [0.05, 0.1) is 17.4 Å². The lowest BCUT2D eigenvalue weighted by molar-refractivity contribution is 0.191. The Balaban J connectivity index is 1.79. The first-order valence-electron chi connectivity index (χ1n) is 8.97. The van der Waals surface area contributed by atoms with Crippen molar-refractivity contribution in [3.05, 3.63) is 53.2 Å². The Morgan fingerprint density at radius 3 is 2.48 bits per heavy atom. The van der Waals surface area contributed by atoms with Gasteiger partial charge < -0.3 is 17.2 Å². The van der Waals surface area contributed by atoms with E-state index in [9.17, 15) is 0 Å². The molecule has 0 radical (unpaired) electrons. The van der Waals surface area contributed by atoms with Crippen LogP contribution in [0.15, 0.2) is 36.5 Å². The summed E-state index contributed by atoms with van der Waals surface area (Å²) in [6.45, 7) is 2.25. The molecule has 2 heterocycles. The van der Waals surface area contributed by atoms with Crippen LogP contribution in [0.5, 0.6) is 0 Å². The number of benzene rings is 1. The summed E-state index contributed by atoms with van der Waals surface area (Å²) in [5, 5.41) is 0. The van der Waals surface area contributed by atoms with E-state index in [1.807, 2.05) is 24.4 Å². The van der Waals surface area contributed by atoms with E-state index >= 15 is 0 Å². The Hall–Kier alpha value is -2.53. The Morgan fingerprint density at radius 2 is 1.76 bits per heavy atom. The molecule has 1 aliphatic heterocycles. The zero-order valence-corrected chi connectivity index (χ0v) is 14.4. The fraction of sp³-hybridized carbons (Fsp3) is 0.350. The molecule has 1 saturated heterocycles. The number of fused-ring (bicyclic) bond motifs is 1. The van der Waals surface area contributed by atoms with Crippen LogP contribution in [0, 0.1) is 0 Å². The summed E-state index contributed by atoms with van der Waals surface area (Å²) >= 11 is 0. The topological polar surface area (TPSA) is 94.2 Å². The molecule has 0 amide bonds. The number of nitrogen functional groups attached to an aromatic ring is 3. The third-order valence-electron chi connectivity index (χ3n) is 5.41. The minimum Gasteiger partial charge on any atom is -0.397 e. The maximum atomic E-state index is 6.35. The van der Waals surface area contributed by atoms with Crippen LogP contribution in [-0.4, -0.2) is 23.0 Å². The first-order chi connectivity index (χ1) is 12.1. The van der Waals surface area contributed by atoms with Gasteiger partial charge in [0.2, 0.25) is 0 Å². The number of nitrogens with zero attached hydrogens (tertiary/aromatic N) is 2. The van der Waals surface area contributed by atoms with E-state index in [2.05, 4.69) is 22.0 Å². The molecule has 1 aromatic carbocycles. The largest absolute Gasteiger partial charge is 0.397 e. The van der Waals surface area contributed by atoms with Gasteiger partial charge in [-0.25, -0.2) is 4.98 Å². The van der Waals surface area contributed by atoms with Crippen molar-refractivity contribution in [1.29, 1.82) is 0 Å². The fourth-order valence-electron chi connectivity index (χ4n) is 4.00. The van der Waals surface area contributed by atoms with E-state index < -0.39 is 0 Å². The third kappa shape index (κ3) is 2.96. The highest BCUT2D eigenvalue weighted by molar-refractivity contribution is 5.79. The second-order valence-corrected chi connectivity index (χ2v) is 7.02. The minimum atomic E-state index is 0.250. The number of allylic oxidation sites excluding steroid dienone is 1. The monoisotopic (exact) mass is 335 g/mol. The van der Waals surface area contributed by atoms with Gasteiger partial charge in [0, 0.05) is 12.6 Å². The van der Waals surface area contributed by atoms with Gasteiger partial charge in [0.15, 0.2) is 0 Å². The maximum absolute atomic E-state index is 6.35. The summed E-state index contributed by atoms with van der Waals surface area (Å²) < 4.78 is 0. The lowest BCUT2D eigenvalue weighted by Gasteiger charge is -2.37. The van der Waals surface area contributed by atoms with Crippen molar-refractivity contribution < 1.29 is 0 Å². The predicted octanol–water partition coefficient (Wildman–Crippen LogP) is 2.99. The first kappa shape index (κ1) is 16.0. The molecular weight excluding hydrogens is 310 g/mol. The highest BCUT2D eigenvalue weighted by Gasteiger charge is 2.28. The average Bonchev–Trinajstić information content (AvgIpc) is 2.65. The average molecular weight is 335 g/mol. The van der Waals surface area contributed by atoms with Crippen LogP contribution >= 0.6 is 0 Å². The van der Waals surface area contributed by atoms with Crippen LogP contribution in [0.25, 0.3) is 5.57 Å². The summed E-state index contributed by atoms with van der Waals surface area (Å²) in [5.74, 6) is 0.539. The SMILES string of the molecule is Nc1ccc(C2=CC(N3CCCCC3)c3ccc(N)c(N)c3C2)cn1. The van der Waals surface area contributed by atoms with Crippen LogP contribution in [0.1, 0.15) is 42.0 Å². The van der Waals surface area contributed by atoms with E-state index in [0.29, 0.717) is 17.2 Å². The molecule has 0 bridgehead atoms. The van der Waals surface area contributed by atoms with E-state index in [4.69, 9.17) is 17.2 Å². The maximum Gasteiger partial charge on any atom is 0.123 e. The summed E-state index contributed by atoms with van der Waals surface area (Å²) in [6, 6.07) is 8.22. The van der Waals surface area contributed by atoms with Crippen LogP contribution in [0.3, 0.4) is 0 Å². The second-order valence-electron chi connectivity index (χ2n) is 7.02. The van der Waals surface area contributed by atoms with Crippen molar-refractivity contribution in [2.45, 2.75) is 31.7 Å². The molecule has 25 heavy (non-hydrogen) atoms. The smallest absolute Gasteiger partial charge is 0.123 e. The van der Waals surface area contributed by atoms with Gasteiger partial charge in [-0.3, -0.25) is 4.90 Å². The zero-order valence-electron chi connectivity index (χ0n) is 14.4. The molecule has 2 aromatic rings. The highest BCUT2D eigenvalue weighted by Crippen LogP contribution is 2.41. The van der Waals surface area contributed by atoms with Gasteiger partial charge in [-0.05, 0) is 66.4 Å². The van der Waals surface area contributed by atoms with Crippen molar-refractivity contribution in [1.82, 2.24) is 9.88 Å². The number of nitrogens with two attached hydrogens (primary N) is 3. The minimum absolute atomic E-state index is 0.250. The molecule has 1 aliphatic carbocycles. The van der Waals surface area contributed by atoms with E-state index in [-0.39, 0.29) is 6.04 Å². The molecule has 1 unspecified atom stereocenters. The van der Waals surface area contributed by atoms with Crippen LogP contribution < -0.4 is 17.2 Å². The number of hydrogen-bond donors (Lipinski definition) is 3. The molecular formula is C20H25N5. The molecule has 1 aromatic heterocycles. The summed E-state index contributed by atoms with van der Waals surface area (Å²) in [4.78, 5) is 6.81. The quantitative estimate of drug-likeness (QED) is 0.734. The Morgan fingerprint density at radius 1 is 0.960 bits per heavy atom. The van der Waals surface area contributed by atoms with Crippen LogP contribution in [0.4, 0.5) is 17.2 Å². The molecule has 5 nitrogen and oxygen atoms in total. The number of anilines is 3. The predicted molar refractivity (Wildman–Crippen MR) is 104 cm³/mol. The second kappa shape index (κ2) is 6.41. The normalized spacial score (nSPS) is 20.8. The number of hydrogen-bond acceptors (Lipinski definition) is 5. The summed E-state index contributed by atoms with van der Waals surface area (Å²) in [6.07, 6.45) is 8.82. The molecule has 0 spiro atoms. The number of rotatable bonds is 2. The van der Waals surface area contributed by atoms with Gasteiger partial charge >= 0.3 is 0 Å². The lowest BCUT2D eigenvalue weighted by Crippen LogP contribution is -2.34. The van der Waals surface area contributed by atoms with Crippen molar-refractivity contribution >= 4 is 22.8 Å². The first-order valence-corrected chi connectivity index (χ1v) is 8.97. The van der Waals surface area contributed by atoms with Gasteiger partial charge in [0.25, 0.3) is 0 Å². The van der Waals surface area contributed by atoms with Crippen molar-refractivity contribution in [2.24, 2.45) is 0 Å². The van der Waals surface area contributed by atoms with Crippen molar-refractivity contribution in [2.75, 3.05) is 30.3 Å². The molecule has 5 heteroatoms. The molecule has 6 N–H and O–H groups in total. The number of likely N-dealkylation sites (tertiary alicyclic amines) is 1. The summed E-state index contributed by atoms with van der Waals surface area (Å²) in [7, 11) is 0. The van der Waals surface area contributed by atoms with Crippen LogP contribution in [-0.2, 0) is 6.42 Å². The Bertz CT molecular complexity index is 804.